The molecule has 0 unspecified atom stereocenters. The Hall–Kier alpha value is -2.88. The van der Waals surface area contributed by atoms with Crippen molar-refractivity contribution in [1.29, 1.82) is 0 Å². The lowest BCUT2D eigenvalue weighted by Crippen LogP contribution is -2.22. The molecule has 104 valence electrons. The summed E-state index contributed by atoms with van der Waals surface area (Å²) in [5, 5.41) is 14.6. The van der Waals surface area contributed by atoms with E-state index in [1.54, 1.807) is 24.5 Å². The lowest BCUT2D eigenvalue weighted by molar-refractivity contribution is 0.0948. The van der Waals surface area contributed by atoms with Crippen molar-refractivity contribution in [2.45, 2.75) is 6.54 Å². The highest BCUT2D eigenvalue weighted by Crippen LogP contribution is 2.24. The minimum absolute atomic E-state index is 0.0163. The summed E-state index contributed by atoms with van der Waals surface area (Å²) in [6.07, 6.45) is 3.38. The fourth-order valence-electron chi connectivity index (χ4n) is 2.19. The molecule has 0 saturated heterocycles. The largest absolute Gasteiger partial charge is 0.507 e. The average molecular weight is 278 g/mol. The lowest BCUT2D eigenvalue weighted by atomic mass is 10.1. The Bertz CT molecular complexity index is 785. The van der Waals surface area contributed by atoms with Crippen molar-refractivity contribution in [3.05, 3.63) is 72.1 Å². The SMILES string of the molecule is O=C(NCc1cccnc1)c1cc2ccccc2cc1O. The van der Waals surface area contributed by atoms with Crippen LogP contribution in [0.1, 0.15) is 15.9 Å². The molecule has 21 heavy (non-hydrogen) atoms. The van der Waals surface area contributed by atoms with Gasteiger partial charge in [-0.05, 0) is 34.5 Å². The zero-order valence-electron chi connectivity index (χ0n) is 11.3. The molecule has 0 aliphatic heterocycles. The van der Waals surface area contributed by atoms with E-state index in [2.05, 4.69) is 10.3 Å². The van der Waals surface area contributed by atoms with E-state index in [-0.39, 0.29) is 17.2 Å². The van der Waals surface area contributed by atoms with Crippen LogP contribution < -0.4 is 5.32 Å². The van der Waals surface area contributed by atoms with Gasteiger partial charge in [-0.2, -0.15) is 0 Å². The molecule has 4 nitrogen and oxygen atoms in total. The summed E-state index contributed by atoms with van der Waals surface area (Å²) in [5.41, 5.74) is 1.18. The van der Waals surface area contributed by atoms with E-state index in [1.165, 1.54) is 0 Å². The first-order valence-electron chi connectivity index (χ1n) is 6.63. The van der Waals surface area contributed by atoms with Crippen molar-refractivity contribution in [2.75, 3.05) is 0 Å². The summed E-state index contributed by atoms with van der Waals surface area (Å²) in [7, 11) is 0. The molecule has 0 spiro atoms. The molecule has 0 radical (unpaired) electrons. The number of aromatic hydroxyl groups is 1. The van der Waals surface area contributed by atoms with Gasteiger partial charge < -0.3 is 10.4 Å². The standard InChI is InChI=1S/C17H14N2O2/c20-16-9-14-6-2-1-5-13(14)8-15(16)17(21)19-11-12-4-3-7-18-10-12/h1-10,20H,11H2,(H,19,21). The number of pyridine rings is 1. The van der Waals surface area contributed by atoms with Crippen LogP contribution in [0, 0.1) is 0 Å². The molecule has 1 aromatic heterocycles. The van der Waals surface area contributed by atoms with Crippen molar-refractivity contribution in [2.24, 2.45) is 0 Å². The highest BCUT2D eigenvalue weighted by molar-refractivity contribution is 6.01. The number of hydrogen-bond donors (Lipinski definition) is 2. The Morgan fingerprint density at radius 3 is 2.57 bits per heavy atom. The third-order valence-corrected chi connectivity index (χ3v) is 3.28. The molecule has 2 aromatic carbocycles. The molecule has 0 aliphatic rings. The molecule has 0 atom stereocenters. The molecule has 3 rings (SSSR count). The van der Waals surface area contributed by atoms with Crippen LogP contribution in [0.3, 0.4) is 0 Å². The number of carbonyl (C=O) groups is 1. The number of rotatable bonds is 3. The van der Waals surface area contributed by atoms with Crippen LogP contribution in [0.4, 0.5) is 0 Å². The maximum atomic E-state index is 12.2. The summed E-state index contributed by atoms with van der Waals surface area (Å²) < 4.78 is 0. The van der Waals surface area contributed by atoms with Gasteiger partial charge in [0, 0.05) is 18.9 Å². The minimum Gasteiger partial charge on any atom is -0.507 e. The van der Waals surface area contributed by atoms with E-state index in [1.807, 2.05) is 36.4 Å². The monoisotopic (exact) mass is 278 g/mol. The van der Waals surface area contributed by atoms with Crippen LogP contribution in [0.5, 0.6) is 5.75 Å². The fraction of sp³-hybridized carbons (Fsp3) is 0.0588. The van der Waals surface area contributed by atoms with Crippen molar-refractivity contribution < 1.29 is 9.90 Å². The Balaban J connectivity index is 1.82. The Morgan fingerprint density at radius 2 is 1.86 bits per heavy atom. The predicted molar refractivity (Wildman–Crippen MR) is 81.0 cm³/mol. The zero-order chi connectivity index (χ0) is 14.7. The van der Waals surface area contributed by atoms with Crippen molar-refractivity contribution in [3.63, 3.8) is 0 Å². The quantitative estimate of drug-likeness (QED) is 0.774. The number of benzene rings is 2. The minimum atomic E-state index is -0.304. The van der Waals surface area contributed by atoms with Gasteiger partial charge in [-0.15, -0.1) is 0 Å². The van der Waals surface area contributed by atoms with Crippen LogP contribution in [-0.2, 0) is 6.54 Å². The first-order valence-corrected chi connectivity index (χ1v) is 6.63. The van der Waals surface area contributed by atoms with Crippen molar-refractivity contribution >= 4 is 16.7 Å². The van der Waals surface area contributed by atoms with Crippen molar-refractivity contribution in [3.8, 4) is 5.75 Å². The Kier molecular flexibility index (Phi) is 3.51. The lowest BCUT2D eigenvalue weighted by Gasteiger charge is -2.08. The third kappa shape index (κ3) is 2.84. The molecule has 1 amide bonds. The Labute approximate surface area is 122 Å². The number of aromatic nitrogens is 1. The van der Waals surface area contributed by atoms with E-state index < -0.39 is 0 Å². The average Bonchev–Trinajstić information content (AvgIpc) is 2.53. The summed E-state index contributed by atoms with van der Waals surface area (Å²) in [6, 6.07) is 14.6. The predicted octanol–water partition coefficient (Wildman–Crippen LogP) is 2.87. The molecule has 4 heteroatoms. The molecule has 2 N–H and O–H groups in total. The third-order valence-electron chi connectivity index (χ3n) is 3.28. The van der Waals surface area contributed by atoms with Crippen LogP contribution in [0.25, 0.3) is 10.8 Å². The first-order chi connectivity index (χ1) is 10.2. The maximum Gasteiger partial charge on any atom is 0.255 e. The Morgan fingerprint density at radius 1 is 1.10 bits per heavy atom. The number of amides is 1. The van der Waals surface area contributed by atoms with E-state index in [0.29, 0.717) is 6.54 Å². The number of carbonyl (C=O) groups excluding carboxylic acids is 1. The molecule has 0 fully saturated rings. The van der Waals surface area contributed by atoms with Gasteiger partial charge in [0.05, 0.1) is 5.56 Å². The van der Waals surface area contributed by atoms with E-state index >= 15 is 0 Å². The molecule has 0 aliphatic carbocycles. The van der Waals surface area contributed by atoms with Gasteiger partial charge in [0.15, 0.2) is 0 Å². The van der Waals surface area contributed by atoms with Crippen molar-refractivity contribution in [1.82, 2.24) is 10.3 Å². The normalized spacial score (nSPS) is 10.5. The van der Waals surface area contributed by atoms with Gasteiger partial charge in [0.1, 0.15) is 5.75 Å². The summed E-state index contributed by atoms with van der Waals surface area (Å²) >= 11 is 0. The van der Waals surface area contributed by atoms with Crippen LogP contribution in [-0.4, -0.2) is 16.0 Å². The number of phenolic OH excluding ortho intramolecular Hbond substituents is 1. The number of fused-ring (bicyclic) bond motifs is 1. The van der Waals surface area contributed by atoms with E-state index in [0.717, 1.165) is 16.3 Å². The van der Waals surface area contributed by atoms with Gasteiger partial charge in [-0.3, -0.25) is 9.78 Å². The number of hydrogen-bond acceptors (Lipinski definition) is 3. The van der Waals surface area contributed by atoms with Gasteiger partial charge in [-0.1, -0.05) is 30.3 Å². The fourth-order valence-corrected chi connectivity index (χ4v) is 2.19. The van der Waals surface area contributed by atoms with Crippen LogP contribution in [0.15, 0.2) is 60.9 Å². The highest BCUT2D eigenvalue weighted by Gasteiger charge is 2.12. The summed E-state index contributed by atoms with van der Waals surface area (Å²) in [6.45, 7) is 0.374. The molecule has 3 aromatic rings. The second kappa shape index (κ2) is 5.63. The zero-order valence-corrected chi connectivity index (χ0v) is 11.3. The molecule has 0 saturated carbocycles. The topological polar surface area (TPSA) is 62.2 Å². The van der Waals surface area contributed by atoms with Crippen LogP contribution >= 0.6 is 0 Å². The van der Waals surface area contributed by atoms with E-state index in [4.69, 9.17) is 0 Å². The smallest absolute Gasteiger partial charge is 0.255 e. The highest BCUT2D eigenvalue weighted by atomic mass is 16.3. The van der Waals surface area contributed by atoms with Gasteiger partial charge in [0.2, 0.25) is 0 Å². The summed E-state index contributed by atoms with van der Waals surface area (Å²) in [5.74, 6) is -0.320. The number of phenols is 1. The first kappa shape index (κ1) is 13.1. The van der Waals surface area contributed by atoms with Gasteiger partial charge in [-0.25, -0.2) is 0 Å². The number of nitrogens with zero attached hydrogens (tertiary/aromatic N) is 1. The van der Waals surface area contributed by atoms with Gasteiger partial charge in [0.25, 0.3) is 5.91 Å². The molecule has 1 heterocycles. The van der Waals surface area contributed by atoms with E-state index in [9.17, 15) is 9.90 Å². The maximum absolute atomic E-state index is 12.2. The second-order valence-electron chi connectivity index (χ2n) is 4.76. The molecular weight excluding hydrogens is 264 g/mol. The number of nitrogens with one attached hydrogen (secondary N) is 1. The summed E-state index contributed by atoms with van der Waals surface area (Å²) in [4.78, 5) is 16.2. The molecular formula is C17H14N2O2. The van der Waals surface area contributed by atoms with Gasteiger partial charge >= 0.3 is 0 Å². The van der Waals surface area contributed by atoms with Crippen LogP contribution in [0.2, 0.25) is 0 Å². The molecule has 0 bridgehead atoms. The second-order valence-corrected chi connectivity index (χ2v) is 4.76.